The van der Waals surface area contributed by atoms with Crippen molar-refractivity contribution in [3.05, 3.63) is 0 Å². The third kappa shape index (κ3) is 18.0. The predicted octanol–water partition coefficient (Wildman–Crippen LogP) is -0.0474. The van der Waals surface area contributed by atoms with Crippen LogP contribution in [-0.2, 0) is 14.4 Å². The zero-order valence-electron chi connectivity index (χ0n) is 13.1. The Labute approximate surface area is 125 Å². The summed E-state index contributed by atoms with van der Waals surface area (Å²) in [6, 6.07) is 0. The molecule has 0 fully saturated rings. The molecule has 0 rings (SSSR count). The molecule has 0 amide bonds. The quantitative estimate of drug-likeness (QED) is 0.338. The molecular weight excluding hydrogens is 276 g/mol. The molecule has 0 bridgehead atoms. The van der Waals surface area contributed by atoms with Crippen LogP contribution in [0.4, 0.5) is 0 Å². The molecular formula is C12H26N6O3. The van der Waals surface area contributed by atoms with Gasteiger partial charge >= 0.3 is 0 Å². The van der Waals surface area contributed by atoms with Crippen molar-refractivity contribution in [3.63, 3.8) is 0 Å². The number of aliphatic imine (C=N–C) groups is 3. The zero-order chi connectivity index (χ0) is 17.6. The van der Waals surface area contributed by atoms with E-state index < -0.39 is 5.79 Å². The third-order valence-corrected chi connectivity index (χ3v) is 1.79. The highest BCUT2D eigenvalue weighted by Gasteiger charge is 2.27. The van der Waals surface area contributed by atoms with Crippen LogP contribution in [0.3, 0.4) is 0 Å². The van der Waals surface area contributed by atoms with Crippen LogP contribution in [0.5, 0.6) is 0 Å². The fraction of sp³-hybridized carbons (Fsp3) is 0.750. The Morgan fingerprint density at radius 1 is 0.762 bits per heavy atom. The van der Waals surface area contributed by atoms with Gasteiger partial charge in [0.05, 0.1) is 0 Å². The van der Waals surface area contributed by atoms with Crippen molar-refractivity contribution in [2.24, 2.45) is 32.2 Å². The summed E-state index contributed by atoms with van der Waals surface area (Å²) in [5.41, 5.74) is 13.5. The van der Waals surface area contributed by atoms with E-state index in [0.29, 0.717) is 6.42 Å². The number of carbonyl (C=O) groups excluding carboxylic acids is 3. The van der Waals surface area contributed by atoms with Crippen LogP contribution in [0.15, 0.2) is 15.0 Å². The second-order valence-electron chi connectivity index (χ2n) is 2.84. The largest absolute Gasteiger partial charge is 0.333 e. The number of isocyanates is 3. The minimum atomic E-state index is -1.69. The molecule has 0 aromatic carbocycles. The summed E-state index contributed by atoms with van der Waals surface area (Å²) < 4.78 is 0. The zero-order valence-corrected chi connectivity index (χ0v) is 13.1. The Hall–Kier alpha value is -1.98. The SMILES string of the molecule is CCCCCC(N=C=O)(N=C=O)N=C=O.CN.CN.CN. The van der Waals surface area contributed by atoms with E-state index >= 15 is 0 Å². The molecule has 0 aliphatic carbocycles. The average Bonchev–Trinajstić information content (AvgIpc) is 2.54. The Morgan fingerprint density at radius 3 is 1.33 bits per heavy atom. The topological polar surface area (TPSA) is 166 Å². The summed E-state index contributed by atoms with van der Waals surface area (Å²) in [4.78, 5) is 40.1. The second kappa shape index (κ2) is 26.6. The van der Waals surface area contributed by atoms with Gasteiger partial charge in [0.2, 0.25) is 18.2 Å². The number of hydrogen-bond acceptors (Lipinski definition) is 9. The van der Waals surface area contributed by atoms with Crippen molar-refractivity contribution in [1.82, 2.24) is 0 Å². The van der Waals surface area contributed by atoms with E-state index in [1.54, 1.807) is 0 Å². The van der Waals surface area contributed by atoms with Gasteiger partial charge in [0.1, 0.15) is 0 Å². The van der Waals surface area contributed by atoms with Crippen molar-refractivity contribution in [2.75, 3.05) is 21.1 Å². The van der Waals surface area contributed by atoms with Gasteiger partial charge in [0, 0.05) is 6.42 Å². The summed E-state index contributed by atoms with van der Waals surface area (Å²) >= 11 is 0. The summed E-state index contributed by atoms with van der Waals surface area (Å²) in [5.74, 6) is -1.69. The molecule has 0 spiro atoms. The number of nitrogens with zero attached hydrogens (tertiary/aromatic N) is 3. The molecule has 0 aromatic heterocycles. The van der Waals surface area contributed by atoms with E-state index in [4.69, 9.17) is 0 Å². The van der Waals surface area contributed by atoms with E-state index in [-0.39, 0.29) is 6.42 Å². The first-order valence-electron chi connectivity index (χ1n) is 6.25. The minimum Gasteiger partial charge on any atom is -0.333 e. The molecule has 122 valence electrons. The molecule has 6 N–H and O–H groups in total. The van der Waals surface area contributed by atoms with Gasteiger partial charge in [0.15, 0.2) is 0 Å². The van der Waals surface area contributed by atoms with Gasteiger partial charge in [-0.05, 0) is 27.6 Å². The van der Waals surface area contributed by atoms with Crippen molar-refractivity contribution in [3.8, 4) is 0 Å². The first kappa shape index (κ1) is 27.4. The summed E-state index contributed by atoms with van der Waals surface area (Å²) in [7, 11) is 4.50. The maximum atomic E-state index is 10.1. The lowest BCUT2D eigenvalue weighted by molar-refractivity contribution is 0.402. The second-order valence-corrected chi connectivity index (χ2v) is 2.84. The van der Waals surface area contributed by atoms with Crippen LogP contribution in [0.1, 0.15) is 32.6 Å². The third-order valence-electron chi connectivity index (χ3n) is 1.79. The van der Waals surface area contributed by atoms with Crippen molar-refractivity contribution in [1.29, 1.82) is 0 Å². The summed E-state index contributed by atoms with van der Waals surface area (Å²) in [6.07, 6.45) is 6.34. The number of unbranched alkanes of at least 4 members (excludes halogenated alkanes) is 2. The van der Waals surface area contributed by atoms with Gasteiger partial charge in [-0.25, -0.2) is 14.4 Å². The Kier molecular flexibility index (Phi) is 34.6. The Bertz CT molecular complexity index is 297. The Morgan fingerprint density at radius 2 is 1.10 bits per heavy atom. The van der Waals surface area contributed by atoms with E-state index in [9.17, 15) is 14.4 Å². The van der Waals surface area contributed by atoms with Gasteiger partial charge < -0.3 is 17.2 Å². The van der Waals surface area contributed by atoms with Crippen LogP contribution in [0.25, 0.3) is 0 Å². The molecule has 21 heavy (non-hydrogen) atoms. The van der Waals surface area contributed by atoms with Crippen LogP contribution < -0.4 is 17.2 Å². The van der Waals surface area contributed by atoms with Gasteiger partial charge in [0.25, 0.3) is 5.79 Å². The van der Waals surface area contributed by atoms with E-state index in [1.807, 2.05) is 6.92 Å². The number of hydrogen-bond donors (Lipinski definition) is 3. The molecule has 0 saturated carbocycles. The van der Waals surface area contributed by atoms with Crippen molar-refractivity contribution >= 4 is 18.2 Å². The lowest BCUT2D eigenvalue weighted by Crippen LogP contribution is -2.20. The predicted molar refractivity (Wildman–Crippen MR) is 81.6 cm³/mol. The van der Waals surface area contributed by atoms with E-state index in [0.717, 1.165) is 12.8 Å². The standard InChI is InChI=1S/C9H11N3O3.3CH5N/c1-2-3-4-5-9(10-6-13,11-7-14)12-8-15;3*1-2/h2-5H2,1H3;3*2H2,1H3. The summed E-state index contributed by atoms with van der Waals surface area (Å²) in [6.45, 7) is 1.98. The molecule has 9 nitrogen and oxygen atoms in total. The lowest BCUT2D eigenvalue weighted by atomic mass is 10.1. The molecule has 0 aliphatic heterocycles. The highest BCUT2D eigenvalue weighted by Crippen LogP contribution is 2.21. The van der Waals surface area contributed by atoms with E-state index in [2.05, 4.69) is 32.2 Å². The van der Waals surface area contributed by atoms with Crippen LogP contribution in [0, 0.1) is 0 Å². The van der Waals surface area contributed by atoms with Crippen LogP contribution in [-0.4, -0.2) is 45.2 Å². The lowest BCUT2D eigenvalue weighted by Gasteiger charge is -2.13. The monoisotopic (exact) mass is 302 g/mol. The number of rotatable bonds is 7. The van der Waals surface area contributed by atoms with Gasteiger partial charge in [-0.2, -0.15) is 15.0 Å². The van der Waals surface area contributed by atoms with Crippen LogP contribution >= 0.6 is 0 Å². The molecule has 0 unspecified atom stereocenters. The fourth-order valence-corrected chi connectivity index (χ4v) is 1.07. The smallest absolute Gasteiger partial charge is 0.277 e. The molecule has 9 heteroatoms. The first-order chi connectivity index (χ1) is 10.2. The molecule has 0 atom stereocenters. The number of nitrogens with two attached hydrogens (primary N) is 3. The average molecular weight is 302 g/mol. The van der Waals surface area contributed by atoms with Gasteiger partial charge in [-0.15, -0.1) is 0 Å². The highest BCUT2D eigenvalue weighted by molar-refractivity contribution is 5.42. The molecule has 0 heterocycles. The van der Waals surface area contributed by atoms with Crippen molar-refractivity contribution < 1.29 is 14.4 Å². The Balaban J connectivity index is -0.000000212. The highest BCUT2D eigenvalue weighted by atomic mass is 16.1. The summed E-state index contributed by atoms with van der Waals surface area (Å²) in [5, 5.41) is 0. The van der Waals surface area contributed by atoms with Gasteiger partial charge in [-0.3, -0.25) is 0 Å². The molecule has 0 saturated heterocycles. The van der Waals surface area contributed by atoms with E-state index in [1.165, 1.54) is 39.4 Å². The molecule has 0 radical (unpaired) electrons. The van der Waals surface area contributed by atoms with Crippen molar-refractivity contribution in [2.45, 2.75) is 38.4 Å². The molecule has 0 aromatic rings. The van der Waals surface area contributed by atoms with Crippen LogP contribution in [0.2, 0.25) is 0 Å². The maximum absolute atomic E-state index is 10.1. The first-order valence-corrected chi connectivity index (χ1v) is 6.25. The van der Waals surface area contributed by atoms with Gasteiger partial charge in [-0.1, -0.05) is 19.8 Å². The maximum Gasteiger partial charge on any atom is 0.277 e. The normalized spacial score (nSPS) is 9.86. The fourth-order valence-electron chi connectivity index (χ4n) is 1.07. The minimum absolute atomic E-state index is 0.195. The molecule has 0 aliphatic rings.